The summed E-state index contributed by atoms with van der Waals surface area (Å²) in [6, 6.07) is 11.9. The monoisotopic (exact) mass is 334 g/mol. The summed E-state index contributed by atoms with van der Waals surface area (Å²) < 4.78 is 5.81. The van der Waals surface area contributed by atoms with Gasteiger partial charge in [-0.1, -0.05) is 35.9 Å². The van der Waals surface area contributed by atoms with Crippen LogP contribution in [0.2, 0.25) is 5.02 Å². The van der Waals surface area contributed by atoms with Gasteiger partial charge in [0.15, 0.2) is 6.04 Å². The third kappa shape index (κ3) is 3.21. The molecule has 0 aliphatic rings. The second-order valence-electron chi connectivity index (χ2n) is 5.26. The molecule has 0 aliphatic carbocycles. The predicted octanol–water partition coefficient (Wildman–Crippen LogP) is 3.23. The summed E-state index contributed by atoms with van der Waals surface area (Å²) in [6.07, 6.45) is 0. The highest BCUT2D eigenvalue weighted by molar-refractivity contribution is 7.13. The maximum atomic E-state index is 6.23. The predicted molar refractivity (Wildman–Crippen MR) is 88.1 cm³/mol. The first-order valence-electron chi connectivity index (χ1n) is 7.08. The molecule has 22 heavy (non-hydrogen) atoms. The maximum Gasteiger partial charge on any atom is 0.274 e. The third-order valence-corrected chi connectivity index (χ3v) is 4.94. The molecule has 6 heteroatoms. The SMILES string of the molecule is C[C@H](c1nnc(-c2cccs2)o1)[NH+](C)Cc1ccccc1Cl. The number of nitrogens with one attached hydrogen (secondary N) is 1. The zero-order chi connectivity index (χ0) is 15.5. The van der Waals surface area contributed by atoms with Gasteiger partial charge in [0.2, 0.25) is 0 Å². The van der Waals surface area contributed by atoms with Crippen LogP contribution >= 0.6 is 22.9 Å². The standard InChI is InChI=1S/C16H16ClN3OS/c1-11(20(2)10-12-6-3-4-7-13(12)17)15-18-19-16(21-15)14-8-5-9-22-14/h3-9,11H,10H2,1-2H3/p+1/t11-/m1/s1. The van der Waals surface area contributed by atoms with Crippen molar-refractivity contribution in [2.45, 2.75) is 19.5 Å². The Morgan fingerprint density at radius 2 is 2.05 bits per heavy atom. The Hall–Kier alpha value is -1.69. The average Bonchev–Trinajstić information content (AvgIpc) is 3.19. The molecule has 1 unspecified atom stereocenters. The number of aromatic nitrogens is 2. The van der Waals surface area contributed by atoms with Crippen LogP contribution in [0.3, 0.4) is 0 Å². The fourth-order valence-electron chi connectivity index (χ4n) is 2.22. The molecular weight excluding hydrogens is 318 g/mol. The third-order valence-electron chi connectivity index (χ3n) is 3.71. The molecule has 3 rings (SSSR count). The molecular formula is C16H17ClN3OS+. The van der Waals surface area contributed by atoms with Crippen molar-refractivity contribution in [3.63, 3.8) is 0 Å². The number of benzene rings is 1. The lowest BCUT2D eigenvalue weighted by atomic mass is 10.2. The van der Waals surface area contributed by atoms with Gasteiger partial charge in [-0.3, -0.25) is 0 Å². The van der Waals surface area contributed by atoms with E-state index in [4.69, 9.17) is 16.0 Å². The van der Waals surface area contributed by atoms with E-state index in [9.17, 15) is 0 Å². The number of thiophene rings is 1. The molecule has 114 valence electrons. The van der Waals surface area contributed by atoms with Gasteiger partial charge in [-0.15, -0.1) is 21.5 Å². The van der Waals surface area contributed by atoms with Gasteiger partial charge in [-0.2, -0.15) is 0 Å². The highest BCUT2D eigenvalue weighted by Crippen LogP contribution is 2.24. The largest absolute Gasteiger partial charge is 0.414 e. The van der Waals surface area contributed by atoms with E-state index < -0.39 is 0 Å². The Labute approximate surface area is 138 Å². The first kappa shape index (κ1) is 15.2. The summed E-state index contributed by atoms with van der Waals surface area (Å²) in [5, 5.41) is 11.1. The van der Waals surface area contributed by atoms with Crippen LogP contribution < -0.4 is 4.90 Å². The molecule has 0 aliphatic heterocycles. The summed E-state index contributed by atoms with van der Waals surface area (Å²) in [5.41, 5.74) is 1.12. The second kappa shape index (κ2) is 6.60. The lowest BCUT2D eigenvalue weighted by Gasteiger charge is -2.19. The summed E-state index contributed by atoms with van der Waals surface area (Å²) in [6.45, 7) is 2.88. The number of rotatable bonds is 5. The molecule has 3 aromatic rings. The molecule has 0 bridgehead atoms. The number of nitrogens with zero attached hydrogens (tertiary/aromatic N) is 2. The molecule has 2 aromatic heterocycles. The molecule has 0 fully saturated rings. The van der Waals surface area contributed by atoms with Gasteiger partial charge in [-0.05, 0) is 24.4 Å². The van der Waals surface area contributed by atoms with Gasteiger partial charge in [0.25, 0.3) is 11.8 Å². The minimum Gasteiger partial charge on any atom is -0.414 e. The van der Waals surface area contributed by atoms with Gasteiger partial charge in [-0.25, -0.2) is 0 Å². The summed E-state index contributed by atoms with van der Waals surface area (Å²) in [7, 11) is 2.10. The average molecular weight is 335 g/mol. The molecule has 0 amide bonds. The van der Waals surface area contributed by atoms with Crippen LogP contribution in [0, 0.1) is 0 Å². The van der Waals surface area contributed by atoms with Crippen molar-refractivity contribution in [1.29, 1.82) is 0 Å². The summed E-state index contributed by atoms with van der Waals surface area (Å²) in [5.74, 6) is 1.23. The van der Waals surface area contributed by atoms with Crippen molar-refractivity contribution in [2.24, 2.45) is 0 Å². The molecule has 1 aromatic carbocycles. The Balaban J connectivity index is 1.73. The molecule has 0 saturated carbocycles. The molecule has 0 spiro atoms. The topological polar surface area (TPSA) is 43.4 Å². The van der Waals surface area contributed by atoms with Crippen LogP contribution in [0.1, 0.15) is 24.4 Å². The molecule has 4 nitrogen and oxygen atoms in total. The Morgan fingerprint density at radius 1 is 1.23 bits per heavy atom. The smallest absolute Gasteiger partial charge is 0.274 e. The van der Waals surface area contributed by atoms with Gasteiger partial charge < -0.3 is 9.32 Å². The second-order valence-corrected chi connectivity index (χ2v) is 6.61. The van der Waals surface area contributed by atoms with Crippen LogP contribution in [-0.4, -0.2) is 17.2 Å². The first-order chi connectivity index (χ1) is 10.6. The van der Waals surface area contributed by atoms with Crippen molar-refractivity contribution in [1.82, 2.24) is 10.2 Å². The van der Waals surface area contributed by atoms with E-state index in [2.05, 4.69) is 24.2 Å². The van der Waals surface area contributed by atoms with Crippen LogP contribution in [0.4, 0.5) is 0 Å². The Kier molecular flexibility index (Phi) is 4.57. The summed E-state index contributed by atoms with van der Waals surface area (Å²) >= 11 is 7.82. The van der Waals surface area contributed by atoms with E-state index in [1.54, 1.807) is 11.3 Å². The maximum absolute atomic E-state index is 6.23. The normalized spacial score (nSPS) is 14.0. The van der Waals surface area contributed by atoms with Crippen LogP contribution in [-0.2, 0) is 6.54 Å². The van der Waals surface area contributed by atoms with E-state index >= 15 is 0 Å². The lowest BCUT2D eigenvalue weighted by molar-refractivity contribution is -0.925. The van der Waals surface area contributed by atoms with E-state index in [0.717, 1.165) is 22.0 Å². The lowest BCUT2D eigenvalue weighted by Crippen LogP contribution is -3.07. The number of hydrogen-bond donors (Lipinski definition) is 1. The highest BCUT2D eigenvalue weighted by atomic mass is 35.5. The summed E-state index contributed by atoms with van der Waals surface area (Å²) in [4.78, 5) is 2.24. The number of halogens is 1. The van der Waals surface area contributed by atoms with Crippen molar-refractivity contribution < 1.29 is 9.32 Å². The van der Waals surface area contributed by atoms with Crippen molar-refractivity contribution in [3.8, 4) is 10.8 Å². The quantitative estimate of drug-likeness (QED) is 0.779. The zero-order valence-electron chi connectivity index (χ0n) is 12.4. The van der Waals surface area contributed by atoms with E-state index in [1.807, 2.05) is 41.8 Å². The molecule has 1 N–H and O–H groups in total. The first-order valence-corrected chi connectivity index (χ1v) is 8.34. The zero-order valence-corrected chi connectivity index (χ0v) is 14.0. The number of quaternary nitrogens is 1. The highest BCUT2D eigenvalue weighted by Gasteiger charge is 2.23. The number of hydrogen-bond acceptors (Lipinski definition) is 4. The molecule has 2 atom stereocenters. The minimum atomic E-state index is 0.0949. The van der Waals surface area contributed by atoms with Crippen LogP contribution in [0.25, 0.3) is 10.8 Å². The van der Waals surface area contributed by atoms with E-state index in [-0.39, 0.29) is 6.04 Å². The van der Waals surface area contributed by atoms with Crippen LogP contribution in [0.5, 0.6) is 0 Å². The molecule has 0 radical (unpaired) electrons. The van der Waals surface area contributed by atoms with E-state index in [1.165, 1.54) is 4.90 Å². The van der Waals surface area contributed by atoms with Gasteiger partial charge in [0.05, 0.1) is 11.9 Å². The fourth-order valence-corrected chi connectivity index (χ4v) is 3.06. The van der Waals surface area contributed by atoms with Gasteiger partial charge in [0.1, 0.15) is 6.54 Å². The van der Waals surface area contributed by atoms with Crippen molar-refractivity contribution in [3.05, 3.63) is 58.3 Å². The fraction of sp³-hybridized carbons (Fsp3) is 0.250. The van der Waals surface area contributed by atoms with Crippen LogP contribution in [0.15, 0.2) is 46.2 Å². The Bertz CT molecular complexity index is 741. The van der Waals surface area contributed by atoms with Crippen molar-refractivity contribution in [2.75, 3.05) is 7.05 Å². The molecule has 2 heterocycles. The minimum absolute atomic E-state index is 0.0949. The van der Waals surface area contributed by atoms with Crippen molar-refractivity contribution >= 4 is 22.9 Å². The Morgan fingerprint density at radius 3 is 2.77 bits per heavy atom. The van der Waals surface area contributed by atoms with E-state index in [0.29, 0.717) is 11.8 Å². The molecule has 0 saturated heterocycles. The van der Waals surface area contributed by atoms with Gasteiger partial charge >= 0.3 is 0 Å². The van der Waals surface area contributed by atoms with Gasteiger partial charge in [0, 0.05) is 10.6 Å².